The number of likely N-dealkylation sites (tertiary alicyclic amines) is 1. The molecule has 2 aromatic rings. The maximum absolute atomic E-state index is 6.40. The van der Waals surface area contributed by atoms with Crippen LogP contribution in [-0.4, -0.2) is 23.9 Å². The highest BCUT2D eigenvalue weighted by Crippen LogP contribution is 2.38. The van der Waals surface area contributed by atoms with Gasteiger partial charge in [-0.25, -0.2) is 0 Å². The summed E-state index contributed by atoms with van der Waals surface area (Å²) in [4.78, 5) is 2.41. The molecule has 0 aliphatic carbocycles. The SMILES string of the molecule is COc1ccc(CN2CC(Cl)C2c2ccccc2)cc1. The third kappa shape index (κ3) is 2.67. The van der Waals surface area contributed by atoms with Gasteiger partial charge in [0.25, 0.3) is 0 Å². The summed E-state index contributed by atoms with van der Waals surface area (Å²) in [6, 6.07) is 19.0. The van der Waals surface area contributed by atoms with Crippen molar-refractivity contribution in [2.45, 2.75) is 18.0 Å². The highest BCUT2D eigenvalue weighted by Gasteiger charge is 2.38. The van der Waals surface area contributed by atoms with Crippen LogP contribution in [0.1, 0.15) is 17.2 Å². The predicted octanol–water partition coefficient (Wildman–Crippen LogP) is 3.86. The zero-order valence-corrected chi connectivity index (χ0v) is 12.3. The first-order valence-corrected chi connectivity index (χ1v) is 7.27. The topological polar surface area (TPSA) is 12.5 Å². The fraction of sp³-hybridized carbons (Fsp3) is 0.294. The summed E-state index contributed by atoms with van der Waals surface area (Å²) >= 11 is 6.40. The molecule has 0 N–H and O–H groups in total. The standard InChI is InChI=1S/C17H18ClNO/c1-20-15-9-7-13(8-10-15)11-19-12-16(18)17(19)14-5-3-2-4-6-14/h2-10,16-17H,11-12H2,1H3. The molecular weight excluding hydrogens is 270 g/mol. The van der Waals surface area contributed by atoms with E-state index in [0.29, 0.717) is 6.04 Å². The minimum atomic E-state index is 0.204. The molecule has 1 saturated heterocycles. The summed E-state index contributed by atoms with van der Waals surface area (Å²) in [5, 5.41) is 0.204. The molecule has 0 radical (unpaired) electrons. The molecule has 2 aromatic carbocycles. The highest BCUT2D eigenvalue weighted by molar-refractivity contribution is 6.21. The van der Waals surface area contributed by atoms with Gasteiger partial charge in [0.05, 0.1) is 18.5 Å². The molecular formula is C17H18ClNO. The normalized spacial score (nSPS) is 22.3. The zero-order valence-electron chi connectivity index (χ0n) is 11.5. The Kier molecular flexibility index (Phi) is 3.95. The molecule has 3 rings (SSSR count). The van der Waals surface area contributed by atoms with Crippen molar-refractivity contribution < 1.29 is 4.74 Å². The first-order valence-electron chi connectivity index (χ1n) is 6.84. The summed E-state index contributed by atoms with van der Waals surface area (Å²) in [6.45, 7) is 1.86. The smallest absolute Gasteiger partial charge is 0.118 e. The molecule has 20 heavy (non-hydrogen) atoms. The molecule has 0 amide bonds. The lowest BCUT2D eigenvalue weighted by atomic mass is 9.93. The van der Waals surface area contributed by atoms with Crippen LogP contribution in [0.3, 0.4) is 0 Å². The van der Waals surface area contributed by atoms with E-state index in [1.165, 1.54) is 11.1 Å². The second-order valence-corrected chi connectivity index (χ2v) is 5.71. The van der Waals surface area contributed by atoms with E-state index in [4.69, 9.17) is 16.3 Å². The summed E-state index contributed by atoms with van der Waals surface area (Å²) in [5.41, 5.74) is 2.59. The largest absolute Gasteiger partial charge is 0.497 e. The minimum Gasteiger partial charge on any atom is -0.497 e. The van der Waals surface area contributed by atoms with E-state index in [1.54, 1.807) is 7.11 Å². The van der Waals surface area contributed by atoms with Gasteiger partial charge in [-0.15, -0.1) is 11.6 Å². The molecule has 0 spiro atoms. The first kappa shape index (κ1) is 13.5. The van der Waals surface area contributed by atoms with Gasteiger partial charge in [0, 0.05) is 13.1 Å². The number of hydrogen-bond acceptors (Lipinski definition) is 2. The zero-order chi connectivity index (χ0) is 13.9. The molecule has 0 bridgehead atoms. The number of hydrogen-bond donors (Lipinski definition) is 0. The molecule has 0 saturated carbocycles. The van der Waals surface area contributed by atoms with Crippen LogP contribution >= 0.6 is 11.6 Å². The predicted molar refractivity (Wildman–Crippen MR) is 82.2 cm³/mol. The Morgan fingerprint density at radius 2 is 1.80 bits per heavy atom. The molecule has 2 nitrogen and oxygen atoms in total. The van der Waals surface area contributed by atoms with Crippen molar-refractivity contribution in [3.8, 4) is 5.75 Å². The van der Waals surface area contributed by atoms with Crippen molar-refractivity contribution in [1.82, 2.24) is 4.90 Å². The lowest BCUT2D eigenvalue weighted by Crippen LogP contribution is -2.50. The lowest BCUT2D eigenvalue weighted by Gasteiger charge is -2.45. The molecule has 1 heterocycles. The van der Waals surface area contributed by atoms with E-state index < -0.39 is 0 Å². The van der Waals surface area contributed by atoms with Gasteiger partial charge in [0.2, 0.25) is 0 Å². The van der Waals surface area contributed by atoms with Gasteiger partial charge in [-0.3, -0.25) is 4.90 Å². The number of methoxy groups -OCH3 is 1. The number of halogens is 1. The van der Waals surface area contributed by atoms with Crippen LogP contribution in [0.25, 0.3) is 0 Å². The van der Waals surface area contributed by atoms with Crippen LogP contribution in [0.4, 0.5) is 0 Å². The Morgan fingerprint density at radius 3 is 2.40 bits per heavy atom. The van der Waals surface area contributed by atoms with E-state index in [-0.39, 0.29) is 5.38 Å². The van der Waals surface area contributed by atoms with E-state index >= 15 is 0 Å². The number of benzene rings is 2. The van der Waals surface area contributed by atoms with Gasteiger partial charge in [0.15, 0.2) is 0 Å². The molecule has 3 heteroatoms. The molecule has 2 unspecified atom stereocenters. The van der Waals surface area contributed by atoms with Crippen LogP contribution in [0.5, 0.6) is 5.75 Å². The van der Waals surface area contributed by atoms with E-state index in [9.17, 15) is 0 Å². The monoisotopic (exact) mass is 287 g/mol. The van der Waals surface area contributed by atoms with Crippen molar-refractivity contribution in [2.24, 2.45) is 0 Å². The molecule has 1 aliphatic heterocycles. The second-order valence-electron chi connectivity index (χ2n) is 5.15. The summed E-state index contributed by atoms with van der Waals surface area (Å²) in [5.74, 6) is 0.896. The summed E-state index contributed by atoms with van der Waals surface area (Å²) in [6.07, 6.45) is 0. The number of alkyl halides is 1. The quantitative estimate of drug-likeness (QED) is 0.792. The van der Waals surface area contributed by atoms with Crippen molar-refractivity contribution in [3.63, 3.8) is 0 Å². The maximum atomic E-state index is 6.40. The van der Waals surface area contributed by atoms with Gasteiger partial charge in [0.1, 0.15) is 5.75 Å². The van der Waals surface area contributed by atoms with Crippen molar-refractivity contribution in [2.75, 3.05) is 13.7 Å². The molecule has 0 aromatic heterocycles. The Bertz CT molecular complexity index is 555. The van der Waals surface area contributed by atoms with Crippen molar-refractivity contribution in [3.05, 3.63) is 65.7 Å². The summed E-state index contributed by atoms with van der Waals surface area (Å²) < 4.78 is 5.19. The van der Waals surface area contributed by atoms with E-state index in [2.05, 4.69) is 41.3 Å². The average Bonchev–Trinajstić information content (AvgIpc) is 2.48. The summed E-state index contributed by atoms with van der Waals surface area (Å²) in [7, 11) is 1.69. The number of ether oxygens (including phenoxy) is 1. The molecule has 104 valence electrons. The van der Waals surface area contributed by atoms with Crippen LogP contribution < -0.4 is 4.74 Å². The van der Waals surface area contributed by atoms with E-state index in [0.717, 1.165) is 18.8 Å². The van der Waals surface area contributed by atoms with Gasteiger partial charge >= 0.3 is 0 Å². The van der Waals surface area contributed by atoms with Gasteiger partial charge in [-0.2, -0.15) is 0 Å². The fourth-order valence-electron chi connectivity index (χ4n) is 2.73. The Balaban J connectivity index is 1.71. The number of nitrogens with zero attached hydrogens (tertiary/aromatic N) is 1. The van der Waals surface area contributed by atoms with Crippen LogP contribution in [0.2, 0.25) is 0 Å². The molecule has 1 aliphatic rings. The van der Waals surface area contributed by atoms with Gasteiger partial charge < -0.3 is 4.74 Å². The van der Waals surface area contributed by atoms with Crippen LogP contribution in [0, 0.1) is 0 Å². The third-order valence-electron chi connectivity index (χ3n) is 3.83. The molecule has 2 atom stereocenters. The Morgan fingerprint density at radius 1 is 1.10 bits per heavy atom. The van der Waals surface area contributed by atoms with E-state index in [1.807, 2.05) is 18.2 Å². The van der Waals surface area contributed by atoms with Gasteiger partial charge in [-0.05, 0) is 23.3 Å². The molecule has 1 fully saturated rings. The Labute approximate surface area is 124 Å². The van der Waals surface area contributed by atoms with Crippen molar-refractivity contribution in [1.29, 1.82) is 0 Å². The average molecular weight is 288 g/mol. The van der Waals surface area contributed by atoms with Gasteiger partial charge in [-0.1, -0.05) is 42.5 Å². The third-order valence-corrected chi connectivity index (χ3v) is 4.21. The van der Waals surface area contributed by atoms with Crippen LogP contribution in [0.15, 0.2) is 54.6 Å². The second kappa shape index (κ2) is 5.86. The maximum Gasteiger partial charge on any atom is 0.118 e. The lowest BCUT2D eigenvalue weighted by molar-refractivity contribution is 0.0880. The highest BCUT2D eigenvalue weighted by atomic mass is 35.5. The van der Waals surface area contributed by atoms with Crippen molar-refractivity contribution >= 4 is 11.6 Å². The minimum absolute atomic E-state index is 0.204. The number of rotatable bonds is 4. The fourth-order valence-corrected chi connectivity index (χ4v) is 3.21. The first-order chi connectivity index (χ1) is 9.78. The Hall–Kier alpha value is -1.51. The van der Waals surface area contributed by atoms with Crippen LogP contribution in [-0.2, 0) is 6.54 Å².